The molecule has 20 heavy (non-hydrogen) atoms. The van der Waals surface area contributed by atoms with Crippen LogP contribution in [-0.2, 0) is 11.3 Å². The molecule has 0 aliphatic carbocycles. The third-order valence-electron chi connectivity index (χ3n) is 3.09. The van der Waals surface area contributed by atoms with E-state index >= 15 is 0 Å². The van der Waals surface area contributed by atoms with E-state index in [0.29, 0.717) is 6.54 Å². The SMILES string of the molecule is C[C@@H](C(=O)[O-])N(Cc1ccccc1)c1ccccc1.[Na+]. The molecule has 0 heterocycles. The molecule has 0 saturated heterocycles. The number of benzene rings is 2. The summed E-state index contributed by atoms with van der Waals surface area (Å²) in [6, 6.07) is 18.6. The molecule has 0 spiro atoms. The van der Waals surface area contributed by atoms with Gasteiger partial charge in [-0.05, 0) is 24.6 Å². The Morgan fingerprint density at radius 1 is 1.05 bits per heavy atom. The fraction of sp³-hybridized carbons (Fsp3) is 0.188. The fourth-order valence-corrected chi connectivity index (χ4v) is 1.98. The van der Waals surface area contributed by atoms with Crippen LogP contribution in [-0.4, -0.2) is 12.0 Å². The third kappa shape index (κ3) is 4.37. The van der Waals surface area contributed by atoms with Gasteiger partial charge in [-0.1, -0.05) is 48.5 Å². The van der Waals surface area contributed by atoms with Crippen molar-refractivity contribution in [1.29, 1.82) is 0 Å². The normalized spacial score (nSPS) is 11.2. The summed E-state index contributed by atoms with van der Waals surface area (Å²) in [5.74, 6) is -1.07. The van der Waals surface area contributed by atoms with Gasteiger partial charge >= 0.3 is 29.6 Å². The molecule has 0 radical (unpaired) electrons. The van der Waals surface area contributed by atoms with E-state index in [-0.39, 0.29) is 29.6 Å². The van der Waals surface area contributed by atoms with Crippen LogP contribution < -0.4 is 39.6 Å². The van der Waals surface area contributed by atoms with Gasteiger partial charge in [-0.15, -0.1) is 0 Å². The second-order valence-electron chi connectivity index (χ2n) is 4.44. The average molecular weight is 277 g/mol. The van der Waals surface area contributed by atoms with Gasteiger partial charge in [0.2, 0.25) is 0 Å². The fourth-order valence-electron chi connectivity index (χ4n) is 1.98. The standard InChI is InChI=1S/C16H17NO2.Na/c1-13(16(18)19)17(15-10-6-3-7-11-15)12-14-8-4-2-5-9-14;/h2-11,13H,12H2,1H3,(H,18,19);/q;+1/p-1/t13-;/m0./s1. The van der Waals surface area contributed by atoms with E-state index in [2.05, 4.69) is 0 Å². The van der Waals surface area contributed by atoms with Crippen molar-refractivity contribution in [3.8, 4) is 0 Å². The van der Waals surface area contributed by atoms with Gasteiger partial charge in [0, 0.05) is 12.2 Å². The largest absolute Gasteiger partial charge is 1.00 e. The Balaban J connectivity index is 0.00000200. The topological polar surface area (TPSA) is 43.4 Å². The zero-order chi connectivity index (χ0) is 13.7. The smallest absolute Gasteiger partial charge is 0.548 e. The molecule has 98 valence electrons. The van der Waals surface area contributed by atoms with E-state index in [9.17, 15) is 9.90 Å². The molecule has 2 rings (SSSR count). The Kier molecular flexibility index (Phi) is 6.79. The van der Waals surface area contributed by atoms with Crippen LogP contribution in [0.15, 0.2) is 60.7 Å². The minimum Gasteiger partial charge on any atom is -0.548 e. The molecule has 0 amide bonds. The number of rotatable bonds is 5. The van der Waals surface area contributed by atoms with Gasteiger partial charge < -0.3 is 14.8 Å². The maximum Gasteiger partial charge on any atom is 1.00 e. The van der Waals surface area contributed by atoms with Crippen molar-refractivity contribution < 1.29 is 39.5 Å². The Morgan fingerprint density at radius 2 is 1.55 bits per heavy atom. The van der Waals surface area contributed by atoms with E-state index < -0.39 is 12.0 Å². The summed E-state index contributed by atoms with van der Waals surface area (Å²) in [6.45, 7) is 2.19. The number of anilines is 1. The quantitative estimate of drug-likeness (QED) is 0.647. The molecular weight excluding hydrogens is 261 g/mol. The average Bonchev–Trinajstić information content (AvgIpc) is 2.46. The predicted molar refractivity (Wildman–Crippen MR) is 73.5 cm³/mol. The summed E-state index contributed by atoms with van der Waals surface area (Å²) in [7, 11) is 0. The summed E-state index contributed by atoms with van der Waals surface area (Å²) < 4.78 is 0. The minimum atomic E-state index is -1.07. The van der Waals surface area contributed by atoms with Crippen LogP contribution in [0, 0.1) is 0 Å². The molecule has 0 aliphatic rings. The van der Waals surface area contributed by atoms with Crippen molar-refractivity contribution in [1.82, 2.24) is 0 Å². The second kappa shape index (κ2) is 8.10. The first kappa shape index (κ1) is 16.8. The second-order valence-corrected chi connectivity index (χ2v) is 4.44. The Morgan fingerprint density at radius 3 is 2.05 bits per heavy atom. The van der Waals surface area contributed by atoms with Gasteiger partial charge in [-0.25, -0.2) is 0 Å². The first-order valence-corrected chi connectivity index (χ1v) is 6.25. The van der Waals surface area contributed by atoms with E-state index in [0.717, 1.165) is 11.3 Å². The molecule has 3 nitrogen and oxygen atoms in total. The van der Waals surface area contributed by atoms with Crippen LogP contribution in [0.5, 0.6) is 0 Å². The van der Waals surface area contributed by atoms with Gasteiger partial charge in [0.25, 0.3) is 0 Å². The van der Waals surface area contributed by atoms with Gasteiger partial charge in [0.1, 0.15) is 0 Å². The number of carboxylic acids is 1. The first-order chi connectivity index (χ1) is 9.18. The third-order valence-corrected chi connectivity index (χ3v) is 3.09. The number of carbonyl (C=O) groups excluding carboxylic acids is 1. The van der Waals surface area contributed by atoms with Crippen molar-refractivity contribution in [2.24, 2.45) is 0 Å². The van der Waals surface area contributed by atoms with Crippen molar-refractivity contribution in [3.63, 3.8) is 0 Å². The number of carboxylic acid groups (broad SMARTS) is 1. The molecule has 2 aromatic rings. The van der Waals surface area contributed by atoms with Crippen molar-refractivity contribution in [2.45, 2.75) is 19.5 Å². The zero-order valence-electron chi connectivity index (χ0n) is 11.8. The Bertz CT molecular complexity index is 531. The van der Waals surface area contributed by atoms with Crippen LogP contribution in [0.4, 0.5) is 5.69 Å². The number of para-hydroxylation sites is 1. The van der Waals surface area contributed by atoms with Crippen LogP contribution in [0.3, 0.4) is 0 Å². The molecule has 4 heteroatoms. The van der Waals surface area contributed by atoms with Crippen molar-refractivity contribution in [3.05, 3.63) is 66.2 Å². The van der Waals surface area contributed by atoms with Crippen LogP contribution >= 0.6 is 0 Å². The molecule has 0 aliphatic heterocycles. The van der Waals surface area contributed by atoms with Crippen molar-refractivity contribution in [2.75, 3.05) is 4.90 Å². The van der Waals surface area contributed by atoms with Gasteiger partial charge in [-0.3, -0.25) is 0 Å². The van der Waals surface area contributed by atoms with Gasteiger partial charge in [0.15, 0.2) is 0 Å². The first-order valence-electron chi connectivity index (χ1n) is 6.25. The van der Waals surface area contributed by atoms with Crippen LogP contribution in [0.25, 0.3) is 0 Å². The van der Waals surface area contributed by atoms with E-state index in [1.54, 1.807) is 6.92 Å². The summed E-state index contributed by atoms with van der Waals surface area (Å²) in [5, 5.41) is 11.2. The predicted octanol–water partition coefficient (Wildman–Crippen LogP) is -1.16. The molecule has 0 bridgehead atoms. The molecule has 0 N–H and O–H groups in total. The molecule has 0 fully saturated rings. The summed E-state index contributed by atoms with van der Waals surface area (Å²) >= 11 is 0. The van der Waals surface area contributed by atoms with Crippen molar-refractivity contribution >= 4 is 11.7 Å². The number of carbonyl (C=O) groups is 1. The number of hydrogen-bond acceptors (Lipinski definition) is 3. The van der Waals surface area contributed by atoms with E-state index in [1.165, 1.54) is 0 Å². The molecule has 2 aromatic carbocycles. The van der Waals surface area contributed by atoms with Crippen LogP contribution in [0.1, 0.15) is 12.5 Å². The number of aliphatic carboxylic acids is 1. The summed E-state index contributed by atoms with van der Waals surface area (Å²) in [5.41, 5.74) is 1.95. The zero-order valence-corrected chi connectivity index (χ0v) is 13.8. The van der Waals surface area contributed by atoms with Gasteiger partial charge in [-0.2, -0.15) is 0 Å². The summed E-state index contributed by atoms with van der Waals surface area (Å²) in [4.78, 5) is 13.0. The minimum absolute atomic E-state index is 0. The number of nitrogens with zero attached hydrogens (tertiary/aromatic N) is 1. The maximum atomic E-state index is 11.2. The molecule has 0 aromatic heterocycles. The maximum absolute atomic E-state index is 11.2. The molecular formula is C16H16NNaO2. The Hall–Kier alpha value is -1.29. The van der Waals surface area contributed by atoms with E-state index in [4.69, 9.17) is 0 Å². The molecule has 0 unspecified atom stereocenters. The van der Waals surface area contributed by atoms with Crippen LogP contribution in [0.2, 0.25) is 0 Å². The summed E-state index contributed by atoms with van der Waals surface area (Å²) in [6.07, 6.45) is 0. The van der Waals surface area contributed by atoms with E-state index in [1.807, 2.05) is 65.6 Å². The molecule has 1 atom stereocenters. The number of hydrogen-bond donors (Lipinski definition) is 0. The Labute approximate surface area is 141 Å². The monoisotopic (exact) mass is 277 g/mol. The molecule has 0 saturated carbocycles. The van der Waals surface area contributed by atoms with Gasteiger partial charge in [0.05, 0.1) is 12.0 Å².